The van der Waals surface area contributed by atoms with Gasteiger partial charge in [0.1, 0.15) is 11.2 Å². The molecule has 0 aliphatic rings. The number of fused-ring (bicyclic) bond motifs is 8. The molecule has 214 valence electrons. The fourth-order valence-electron chi connectivity index (χ4n) is 7.04. The molecule has 7 aromatic carbocycles. The van der Waals surface area contributed by atoms with Crippen LogP contribution in [0.3, 0.4) is 0 Å². The van der Waals surface area contributed by atoms with E-state index in [1.54, 1.807) is 0 Å². The molecule has 3 aromatic heterocycles. The molecule has 0 spiro atoms. The molecule has 0 fully saturated rings. The van der Waals surface area contributed by atoms with E-state index in [4.69, 9.17) is 14.4 Å². The number of para-hydroxylation sites is 3. The van der Waals surface area contributed by atoms with Gasteiger partial charge in [-0.1, -0.05) is 109 Å². The van der Waals surface area contributed by atoms with Crippen LogP contribution in [0.25, 0.3) is 93.8 Å². The summed E-state index contributed by atoms with van der Waals surface area (Å²) in [4.78, 5) is 10.7. The second kappa shape index (κ2) is 9.62. The van der Waals surface area contributed by atoms with Crippen molar-refractivity contribution in [3.8, 4) is 28.3 Å². The molecule has 0 bridgehead atoms. The minimum atomic E-state index is 0.627. The fraction of sp³-hybridized carbons (Fsp3) is 0. The van der Waals surface area contributed by atoms with Gasteiger partial charge in [-0.25, -0.2) is 9.97 Å². The SMILES string of the molecule is c1ccc(-c2ccc3c(-c4cccc5c4oc4ccccc45)nc(-n4c5ccccc5c5cc6ccccc6cc54)nc3c2)cc1. The van der Waals surface area contributed by atoms with Crippen LogP contribution in [0.5, 0.6) is 0 Å². The zero-order valence-electron chi connectivity index (χ0n) is 24.7. The first-order chi connectivity index (χ1) is 22.8. The largest absolute Gasteiger partial charge is 0.455 e. The Bertz CT molecular complexity index is 2810. The molecular formula is C42H25N3O. The quantitative estimate of drug-likeness (QED) is 0.207. The lowest BCUT2D eigenvalue weighted by atomic mass is 10.00. The molecular weight excluding hydrogens is 562 g/mol. The standard InChI is InChI=1S/C42H25N3O/c1-2-11-26(12-3-1)29-21-22-33-36(24-29)43-42(44-40(33)34-18-10-17-32-31-16-7-9-20-39(31)46-41(32)34)45-37-19-8-6-15-30(37)35-23-27-13-4-5-14-28(27)25-38(35)45/h1-25H. The molecule has 10 rings (SSSR count). The molecule has 46 heavy (non-hydrogen) atoms. The molecule has 0 aliphatic carbocycles. The van der Waals surface area contributed by atoms with E-state index in [2.05, 4.69) is 138 Å². The molecule has 0 amide bonds. The van der Waals surface area contributed by atoms with E-state index in [1.807, 2.05) is 18.2 Å². The van der Waals surface area contributed by atoms with Gasteiger partial charge >= 0.3 is 0 Å². The summed E-state index contributed by atoms with van der Waals surface area (Å²) >= 11 is 0. The molecule has 0 atom stereocenters. The maximum atomic E-state index is 6.53. The van der Waals surface area contributed by atoms with Crippen molar-refractivity contribution in [2.24, 2.45) is 0 Å². The number of aromatic nitrogens is 3. The molecule has 0 saturated heterocycles. The van der Waals surface area contributed by atoms with Crippen molar-refractivity contribution in [3.05, 3.63) is 152 Å². The van der Waals surface area contributed by atoms with Crippen molar-refractivity contribution in [2.45, 2.75) is 0 Å². The molecule has 4 nitrogen and oxygen atoms in total. The number of rotatable bonds is 3. The van der Waals surface area contributed by atoms with E-state index in [0.29, 0.717) is 5.95 Å². The summed E-state index contributed by atoms with van der Waals surface area (Å²) in [6.45, 7) is 0. The maximum Gasteiger partial charge on any atom is 0.235 e. The van der Waals surface area contributed by atoms with Crippen molar-refractivity contribution >= 4 is 65.4 Å². The van der Waals surface area contributed by atoms with E-state index in [-0.39, 0.29) is 0 Å². The van der Waals surface area contributed by atoms with Crippen LogP contribution in [0, 0.1) is 0 Å². The molecule has 0 radical (unpaired) electrons. The molecule has 0 aliphatic heterocycles. The van der Waals surface area contributed by atoms with E-state index in [9.17, 15) is 0 Å². The average Bonchev–Trinajstić information content (AvgIpc) is 3.66. The number of nitrogens with zero attached hydrogens (tertiary/aromatic N) is 3. The third-order valence-corrected chi connectivity index (χ3v) is 9.19. The molecule has 3 heterocycles. The predicted molar refractivity (Wildman–Crippen MR) is 190 cm³/mol. The van der Waals surface area contributed by atoms with Crippen LogP contribution in [-0.4, -0.2) is 14.5 Å². The Kier molecular flexibility index (Phi) is 5.25. The lowest BCUT2D eigenvalue weighted by Crippen LogP contribution is -2.03. The Morgan fingerprint density at radius 1 is 0.457 bits per heavy atom. The Morgan fingerprint density at radius 2 is 1.20 bits per heavy atom. The molecule has 10 aromatic rings. The van der Waals surface area contributed by atoms with E-state index < -0.39 is 0 Å². The van der Waals surface area contributed by atoms with Gasteiger partial charge in [-0.3, -0.25) is 4.57 Å². The zero-order chi connectivity index (χ0) is 30.2. The zero-order valence-corrected chi connectivity index (χ0v) is 24.7. The van der Waals surface area contributed by atoms with Crippen LogP contribution < -0.4 is 0 Å². The van der Waals surface area contributed by atoms with Gasteiger partial charge in [-0.2, -0.15) is 0 Å². The molecule has 0 saturated carbocycles. The van der Waals surface area contributed by atoms with Gasteiger partial charge in [0.25, 0.3) is 0 Å². The normalized spacial score (nSPS) is 11.9. The van der Waals surface area contributed by atoms with Gasteiger partial charge in [0, 0.05) is 32.5 Å². The van der Waals surface area contributed by atoms with Gasteiger partial charge in [0.15, 0.2) is 0 Å². The second-order valence-corrected chi connectivity index (χ2v) is 11.8. The lowest BCUT2D eigenvalue weighted by molar-refractivity contribution is 0.670. The summed E-state index contributed by atoms with van der Waals surface area (Å²) in [7, 11) is 0. The Morgan fingerprint density at radius 3 is 2.09 bits per heavy atom. The highest BCUT2D eigenvalue weighted by Crippen LogP contribution is 2.40. The van der Waals surface area contributed by atoms with Gasteiger partial charge in [0.05, 0.1) is 22.2 Å². The number of benzene rings is 7. The number of furan rings is 1. The molecule has 0 unspecified atom stereocenters. The van der Waals surface area contributed by atoms with E-state index >= 15 is 0 Å². The Balaban J connectivity index is 1.33. The number of hydrogen-bond donors (Lipinski definition) is 0. The van der Waals surface area contributed by atoms with Gasteiger partial charge in [-0.05, 0) is 64.4 Å². The summed E-state index contributed by atoms with van der Waals surface area (Å²) < 4.78 is 8.75. The highest BCUT2D eigenvalue weighted by molar-refractivity contribution is 6.14. The predicted octanol–water partition coefficient (Wildman–Crippen LogP) is 11.1. The number of hydrogen-bond acceptors (Lipinski definition) is 3. The smallest absolute Gasteiger partial charge is 0.235 e. The van der Waals surface area contributed by atoms with E-state index in [0.717, 1.165) is 66.3 Å². The van der Waals surface area contributed by atoms with Crippen LogP contribution in [-0.2, 0) is 0 Å². The minimum absolute atomic E-state index is 0.627. The summed E-state index contributed by atoms with van der Waals surface area (Å²) in [5.41, 5.74) is 8.76. The van der Waals surface area contributed by atoms with Crippen molar-refractivity contribution in [1.29, 1.82) is 0 Å². The fourth-order valence-corrected chi connectivity index (χ4v) is 7.04. The van der Waals surface area contributed by atoms with Gasteiger partial charge < -0.3 is 4.42 Å². The van der Waals surface area contributed by atoms with Crippen LogP contribution in [0.1, 0.15) is 0 Å². The van der Waals surface area contributed by atoms with Crippen LogP contribution in [0.2, 0.25) is 0 Å². The molecule has 4 heteroatoms. The third kappa shape index (κ3) is 3.67. The Labute approximate surface area is 263 Å². The van der Waals surface area contributed by atoms with Crippen molar-refractivity contribution in [2.75, 3.05) is 0 Å². The van der Waals surface area contributed by atoms with Crippen LogP contribution >= 0.6 is 0 Å². The second-order valence-electron chi connectivity index (χ2n) is 11.8. The monoisotopic (exact) mass is 587 g/mol. The first-order valence-corrected chi connectivity index (χ1v) is 15.5. The summed E-state index contributed by atoms with van der Waals surface area (Å²) in [6.07, 6.45) is 0. The van der Waals surface area contributed by atoms with E-state index in [1.165, 1.54) is 21.5 Å². The summed E-state index contributed by atoms with van der Waals surface area (Å²) in [5.74, 6) is 0.627. The third-order valence-electron chi connectivity index (χ3n) is 9.19. The van der Waals surface area contributed by atoms with Crippen molar-refractivity contribution < 1.29 is 4.42 Å². The maximum absolute atomic E-state index is 6.53. The van der Waals surface area contributed by atoms with Crippen molar-refractivity contribution in [1.82, 2.24) is 14.5 Å². The highest BCUT2D eigenvalue weighted by atomic mass is 16.3. The Hall–Kier alpha value is -6.26. The highest BCUT2D eigenvalue weighted by Gasteiger charge is 2.20. The molecule has 0 N–H and O–H groups in total. The minimum Gasteiger partial charge on any atom is -0.455 e. The van der Waals surface area contributed by atoms with Crippen molar-refractivity contribution in [3.63, 3.8) is 0 Å². The summed E-state index contributed by atoms with van der Waals surface area (Å²) in [5, 5.41) is 7.88. The topological polar surface area (TPSA) is 43.9 Å². The average molecular weight is 588 g/mol. The van der Waals surface area contributed by atoms with Crippen LogP contribution in [0.15, 0.2) is 156 Å². The van der Waals surface area contributed by atoms with Gasteiger partial charge in [0.2, 0.25) is 5.95 Å². The first-order valence-electron chi connectivity index (χ1n) is 15.5. The lowest BCUT2D eigenvalue weighted by Gasteiger charge is -2.13. The first kappa shape index (κ1) is 25.1. The van der Waals surface area contributed by atoms with Gasteiger partial charge in [-0.15, -0.1) is 0 Å². The van der Waals surface area contributed by atoms with Crippen LogP contribution in [0.4, 0.5) is 0 Å². The summed E-state index contributed by atoms with van der Waals surface area (Å²) in [6, 6.07) is 53.1.